The third-order valence-electron chi connectivity index (χ3n) is 3.76. The number of carbonyl (C=O) groups is 2. The zero-order valence-corrected chi connectivity index (χ0v) is 15.0. The predicted octanol–water partition coefficient (Wildman–Crippen LogP) is 2.15. The van der Waals surface area contributed by atoms with Crippen LogP contribution in [0.4, 0.5) is 5.69 Å². The average molecular weight is 362 g/mol. The Kier molecular flexibility index (Phi) is 8.67. The second kappa shape index (κ2) is 10.5. The van der Waals surface area contributed by atoms with Crippen LogP contribution in [0, 0.1) is 0 Å². The number of nitrogens with zero attached hydrogens (tertiary/aromatic N) is 1. The van der Waals surface area contributed by atoms with Crippen molar-refractivity contribution >= 4 is 29.9 Å². The first-order valence-electron chi connectivity index (χ1n) is 7.97. The first-order valence-corrected chi connectivity index (χ1v) is 7.97. The van der Waals surface area contributed by atoms with Gasteiger partial charge in [-0.15, -0.1) is 12.4 Å². The normalized spacial score (nSPS) is 11.1. The Morgan fingerprint density at radius 1 is 1.04 bits per heavy atom. The van der Waals surface area contributed by atoms with Crippen LogP contribution in [-0.4, -0.2) is 31.4 Å². The summed E-state index contributed by atoms with van der Waals surface area (Å²) in [6.07, 6.45) is 0.640. The summed E-state index contributed by atoms with van der Waals surface area (Å²) >= 11 is 0. The maximum atomic E-state index is 12.9. The summed E-state index contributed by atoms with van der Waals surface area (Å²) in [7, 11) is 1.71. The quantitative estimate of drug-likeness (QED) is 0.793. The van der Waals surface area contributed by atoms with Crippen LogP contribution >= 0.6 is 12.4 Å². The van der Waals surface area contributed by atoms with Crippen molar-refractivity contribution in [3.8, 4) is 0 Å². The van der Waals surface area contributed by atoms with Crippen LogP contribution < -0.4 is 16.0 Å². The Bertz CT molecular complexity index is 665. The minimum Gasteiger partial charge on any atom is -0.344 e. The molecule has 2 amide bonds. The number of carbonyl (C=O) groups excluding carboxylic acids is 2. The SMILES string of the molecule is CN(C(=O)[C@H](Cc1ccccc1)NC(=O)CCN)c1ccccc1.Cl. The monoisotopic (exact) mass is 361 g/mol. The Morgan fingerprint density at radius 2 is 1.60 bits per heavy atom. The zero-order valence-electron chi connectivity index (χ0n) is 14.2. The van der Waals surface area contributed by atoms with Gasteiger partial charge in [-0.05, 0) is 17.7 Å². The van der Waals surface area contributed by atoms with Crippen molar-refractivity contribution in [1.82, 2.24) is 5.32 Å². The van der Waals surface area contributed by atoms with Gasteiger partial charge in [-0.1, -0.05) is 48.5 Å². The molecule has 0 aromatic heterocycles. The van der Waals surface area contributed by atoms with E-state index in [9.17, 15) is 9.59 Å². The van der Waals surface area contributed by atoms with Gasteiger partial charge in [0, 0.05) is 32.1 Å². The van der Waals surface area contributed by atoms with Crippen LogP contribution in [-0.2, 0) is 16.0 Å². The summed E-state index contributed by atoms with van der Waals surface area (Å²) < 4.78 is 0. The summed E-state index contributed by atoms with van der Waals surface area (Å²) in [4.78, 5) is 26.4. The number of likely N-dealkylation sites (N-methyl/N-ethyl adjacent to an activating group) is 1. The number of anilines is 1. The Labute approximate surface area is 154 Å². The Morgan fingerprint density at radius 3 is 2.16 bits per heavy atom. The van der Waals surface area contributed by atoms with E-state index in [1.54, 1.807) is 11.9 Å². The number of nitrogens with two attached hydrogens (primary N) is 1. The predicted molar refractivity (Wildman–Crippen MR) is 103 cm³/mol. The molecule has 0 saturated heterocycles. The second-order valence-corrected chi connectivity index (χ2v) is 5.58. The molecule has 25 heavy (non-hydrogen) atoms. The number of para-hydroxylation sites is 1. The largest absolute Gasteiger partial charge is 0.344 e. The molecule has 0 aliphatic heterocycles. The molecule has 2 aromatic rings. The van der Waals surface area contributed by atoms with E-state index >= 15 is 0 Å². The van der Waals surface area contributed by atoms with Gasteiger partial charge in [-0.25, -0.2) is 0 Å². The highest BCUT2D eigenvalue weighted by Crippen LogP contribution is 2.14. The van der Waals surface area contributed by atoms with Crippen LogP contribution in [0.3, 0.4) is 0 Å². The van der Waals surface area contributed by atoms with Crippen molar-refractivity contribution in [2.75, 3.05) is 18.5 Å². The van der Waals surface area contributed by atoms with Gasteiger partial charge in [-0.3, -0.25) is 9.59 Å². The highest BCUT2D eigenvalue weighted by Gasteiger charge is 2.24. The first kappa shape index (κ1) is 20.7. The number of hydrogen-bond acceptors (Lipinski definition) is 3. The highest BCUT2D eigenvalue weighted by molar-refractivity contribution is 5.99. The number of benzene rings is 2. The van der Waals surface area contributed by atoms with E-state index in [1.165, 1.54) is 0 Å². The van der Waals surface area contributed by atoms with Crippen molar-refractivity contribution in [2.24, 2.45) is 5.73 Å². The molecule has 134 valence electrons. The van der Waals surface area contributed by atoms with E-state index in [2.05, 4.69) is 5.32 Å². The molecule has 0 aliphatic rings. The maximum absolute atomic E-state index is 12.9. The molecule has 0 heterocycles. The van der Waals surface area contributed by atoms with Gasteiger partial charge in [-0.2, -0.15) is 0 Å². The van der Waals surface area contributed by atoms with E-state index < -0.39 is 6.04 Å². The molecule has 0 unspecified atom stereocenters. The van der Waals surface area contributed by atoms with Crippen LogP contribution in [0.15, 0.2) is 60.7 Å². The minimum atomic E-state index is -0.628. The fraction of sp³-hybridized carbons (Fsp3) is 0.263. The lowest BCUT2D eigenvalue weighted by Crippen LogP contribution is -2.49. The van der Waals surface area contributed by atoms with Gasteiger partial charge in [0.15, 0.2) is 0 Å². The van der Waals surface area contributed by atoms with Crippen molar-refractivity contribution in [2.45, 2.75) is 18.9 Å². The van der Waals surface area contributed by atoms with Gasteiger partial charge < -0.3 is 16.0 Å². The summed E-state index contributed by atoms with van der Waals surface area (Å²) in [5.41, 5.74) is 7.21. The average Bonchev–Trinajstić information content (AvgIpc) is 2.62. The number of amides is 2. The zero-order chi connectivity index (χ0) is 17.4. The molecule has 0 bridgehead atoms. The van der Waals surface area contributed by atoms with Crippen LogP contribution in [0.5, 0.6) is 0 Å². The van der Waals surface area contributed by atoms with Crippen molar-refractivity contribution in [1.29, 1.82) is 0 Å². The van der Waals surface area contributed by atoms with Gasteiger partial charge in [0.25, 0.3) is 0 Å². The molecular weight excluding hydrogens is 338 g/mol. The molecule has 2 aromatic carbocycles. The number of nitrogens with one attached hydrogen (secondary N) is 1. The van der Waals surface area contributed by atoms with Crippen LogP contribution in [0.1, 0.15) is 12.0 Å². The molecule has 2 rings (SSSR count). The van der Waals surface area contributed by atoms with Crippen molar-refractivity contribution in [3.05, 3.63) is 66.2 Å². The lowest BCUT2D eigenvalue weighted by Gasteiger charge is -2.25. The molecule has 1 atom stereocenters. The summed E-state index contributed by atoms with van der Waals surface area (Å²) in [5, 5.41) is 2.81. The van der Waals surface area contributed by atoms with Crippen LogP contribution in [0.2, 0.25) is 0 Å². The summed E-state index contributed by atoms with van der Waals surface area (Å²) in [6, 6.07) is 18.4. The van der Waals surface area contributed by atoms with E-state index in [0.717, 1.165) is 11.3 Å². The third-order valence-corrected chi connectivity index (χ3v) is 3.76. The van der Waals surface area contributed by atoms with Crippen molar-refractivity contribution < 1.29 is 9.59 Å². The van der Waals surface area contributed by atoms with E-state index in [0.29, 0.717) is 6.42 Å². The lowest BCUT2D eigenvalue weighted by molar-refractivity contribution is -0.127. The molecule has 3 N–H and O–H groups in total. The molecule has 0 spiro atoms. The smallest absolute Gasteiger partial charge is 0.249 e. The molecular formula is C19H24ClN3O2. The summed E-state index contributed by atoms with van der Waals surface area (Å²) in [6.45, 7) is 0.257. The molecule has 0 aliphatic carbocycles. The topological polar surface area (TPSA) is 75.4 Å². The standard InChI is InChI=1S/C19H23N3O2.ClH/c1-22(16-10-6-3-7-11-16)19(24)17(21-18(23)12-13-20)14-15-8-4-2-5-9-15;/h2-11,17H,12-14,20H2,1H3,(H,21,23);1H/t17-;/m0./s1. The van der Waals surface area contributed by atoms with E-state index in [4.69, 9.17) is 5.73 Å². The molecule has 6 heteroatoms. The molecule has 5 nitrogen and oxygen atoms in total. The van der Waals surface area contributed by atoms with Gasteiger partial charge in [0.1, 0.15) is 6.04 Å². The Balaban J connectivity index is 0.00000312. The Hall–Kier alpha value is -2.37. The molecule has 0 saturated carbocycles. The van der Waals surface area contributed by atoms with E-state index in [-0.39, 0.29) is 37.2 Å². The first-order chi connectivity index (χ1) is 11.6. The van der Waals surface area contributed by atoms with Gasteiger partial charge in [0.05, 0.1) is 0 Å². The maximum Gasteiger partial charge on any atom is 0.249 e. The fourth-order valence-corrected chi connectivity index (χ4v) is 2.46. The lowest BCUT2D eigenvalue weighted by atomic mass is 10.0. The number of rotatable bonds is 7. The van der Waals surface area contributed by atoms with E-state index in [1.807, 2.05) is 60.7 Å². The number of halogens is 1. The minimum absolute atomic E-state index is 0. The third kappa shape index (κ3) is 6.21. The molecule has 0 radical (unpaired) electrons. The fourth-order valence-electron chi connectivity index (χ4n) is 2.46. The molecule has 0 fully saturated rings. The summed E-state index contributed by atoms with van der Waals surface area (Å²) in [5.74, 6) is -0.372. The van der Waals surface area contributed by atoms with Gasteiger partial charge >= 0.3 is 0 Å². The second-order valence-electron chi connectivity index (χ2n) is 5.58. The van der Waals surface area contributed by atoms with Crippen LogP contribution in [0.25, 0.3) is 0 Å². The van der Waals surface area contributed by atoms with Gasteiger partial charge in [0.2, 0.25) is 11.8 Å². The highest BCUT2D eigenvalue weighted by atomic mass is 35.5. The van der Waals surface area contributed by atoms with Crippen molar-refractivity contribution in [3.63, 3.8) is 0 Å². The number of hydrogen-bond donors (Lipinski definition) is 2.